The summed E-state index contributed by atoms with van der Waals surface area (Å²) in [6.45, 7) is 4.00. The first-order valence-corrected chi connectivity index (χ1v) is 6.46. The Morgan fingerprint density at radius 2 is 2.05 bits per heavy atom. The summed E-state index contributed by atoms with van der Waals surface area (Å²) in [4.78, 5) is 24.4. The zero-order valence-corrected chi connectivity index (χ0v) is 11.3. The molecule has 0 spiro atoms. The highest BCUT2D eigenvalue weighted by Gasteiger charge is 2.57. The van der Waals surface area contributed by atoms with Crippen molar-refractivity contribution in [2.45, 2.75) is 32.1 Å². The monoisotopic (exact) mass is 274 g/mol. The van der Waals surface area contributed by atoms with Crippen LogP contribution in [0.3, 0.4) is 0 Å². The molecule has 7 heteroatoms. The van der Waals surface area contributed by atoms with Crippen LogP contribution in [-0.4, -0.2) is 32.7 Å². The minimum Gasteiger partial charge on any atom is -0.465 e. The summed E-state index contributed by atoms with van der Waals surface area (Å²) in [6, 6.07) is 0. The zero-order valence-electron chi connectivity index (χ0n) is 11.3. The molecule has 1 aliphatic carbocycles. The van der Waals surface area contributed by atoms with Gasteiger partial charge in [0.15, 0.2) is 0 Å². The number of rotatable bonds is 4. The molecule has 2 aromatic heterocycles. The minimum absolute atomic E-state index is 0.287. The van der Waals surface area contributed by atoms with E-state index in [1.807, 2.05) is 6.92 Å². The second kappa shape index (κ2) is 4.66. The Bertz CT molecular complexity index is 631. The molecule has 2 heterocycles. The maximum Gasteiger partial charge on any atom is 0.321 e. The largest absolute Gasteiger partial charge is 0.465 e. The third kappa shape index (κ3) is 2.04. The second-order valence-corrected chi connectivity index (χ2v) is 4.81. The summed E-state index contributed by atoms with van der Waals surface area (Å²) in [5, 5.41) is 3.85. The molecule has 7 nitrogen and oxygen atoms in total. The Morgan fingerprint density at radius 1 is 1.35 bits per heavy atom. The summed E-state index contributed by atoms with van der Waals surface area (Å²) in [5.74, 6) is 0.649. The Morgan fingerprint density at radius 3 is 2.65 bits per heavy atom. The van der Waals surface area contributed by atoms with Crippen molar-refractivity contribution in [3.05, 3.63) is 23.8 Å². The number of hydrogen-bond donors (Lipinski definition) is 0. The first-order chi connectivity index (χ1) is 9.65. The van der Waals surface area contributed by atoms with Crippen molar-refractivity contribution >= 4 is 5.97 Å². The standard InChI is InChI=1S/C13H14N4O3/c1-3-19-12(18)13(4-5-13)11-16-10(17-20-11)9-14-6-8(2)7-15-9/h6-7H,3-5H2,1-2H3. The maximum atomic E-state index is 11.9. The topological polar surface area (TPSA) is 91.0 Å². The number of aromatic nitrogens is 4. The van der Waals surface area contributed by atoms with Crippen LogP contribution in [0.5, 0.6) is 0 Å². The van der Waals surface area contributed by atoms with Crippen LogP contribution in [0.25, 0.3) is 11.6 Å². The van der Waals surface area contributed by atoms with Gasteiger partial charge in [-0.05, 0) is 32.3 Å². The number of carbonyl (C=O) groups is 1. The van der Waals surface area contributed by atoms with Crippen LogP contribution >= 0.6 is 0 Å². The van der Waals surface area contributed by atoms with Gasteiger partial charge in [0, 0.05) is 12.4 Å². The highest BCUT2D eigenvalue weighted by Crippen LogP contribution is 2.48. The van der Waals surface area contributed by atoms with Crippen LogP contribution < -0.4 is 0 Å². The van der Waals surface area contributed by atoms with Gasteiger partial charge in [-0.3, -0.25) is 4.79 Å². The van der Waals surface area contributed by atoms with E-state index in [0.29, 0.717) is 25.3 Å². The Labute approximate surface area is 115 Å². The van der Waals surface area contributed by atoms with Gasteiger partial charge in [0.1, 0.15) is 5.41 Å². The molecule has 0 radical (unpaired) electrons. The predicted octanol–water partition coefficient (Wildman–Crippen LogP) is 1.43. The molecule has 3 rings (SSSR count). The third-order valence-corrected chi connectivity index (χ3v) is 3.23. The molecule has 0 saturated heterocycles. The van der Waals surface area contributed by atoms with Gasteiger partial charge in [0.05, 0.1) is 6.61 Å². The molecule has 0 amide bonds. The molecule has 104 valence electrons. The van der Waals surface area contributed by atoms with Gasteiger partial charge in [-0.15, -0.1) is 0 Å². The van der Waals surface area contributed by atoms with Gasteiger partial charge >= 0.3 is 5.97 Å². The van der Waals surface area contributed by atoms with E-state index in [1.54, 1.807) is 19.3 Å². The number of nitrogens with zero attached hydrogens (tertiary/aromatic N) is 4. The van der Waals surface area contributed by atoms with Gasteiger partial charge in [-0.25, -0.2) is 9.97 Å². The van der Waals surface area contributed by atoms with Crippen LogP contribution in [0.1, 0.15) is 31.2 Å². The zero-order chi connectivity index (χ0) is 14.2. The van der Waals surface area contributed by atoms with E-state index in [-0.39, 0.29) is 17.7 Å². The highest BCUT2D eigenvalue weighted by molar-refractivity contribution is 5.85. The van der Waals surface area contributed by atoms with Gasteiger partial charge in [0.25, 0.3) is 0 Å². The highest BCUT2D eigenvalue weighted by atomic mass is 16.5. The Kier molecular flexibility index (Phi) is 2.96. The summed E-state index contributed by atoms with van der Waals surface area (Å²) in [5.41, 5.74) is 0.189. The lowest BCUT2D eigenvalue weighted by Gasteiger charge is -2.07. The molecular formula is C13H14N4O3. The van der Waals surface area contributed by atoms with E-state index in [9.17, 15) is 4.79 Å². The molecule has 0 N–H and O–H groups in total. The first-order valence-electron chi connectivity index (χ1n) is 6.46. The maximum absolute atomic E-state index is 11.9. The van der Waals surface area contributed by atoms with E-state index < -0.39 is 5.41 Å². The van der Waals surface area contributed by atoms with Gasteiger partial charge < -0.3 is 9.26 Å². The molecule has 0 atom stereocenters. The van der Waals surface area contributed by atoms with Gasteiger partial charge in [0.2, 0.25) is 17.5 Å². The van der Waals surface area contributed by atoms with Crippen LogP contribution in [0, 0.1) is 6.92 Å². The predicted molar refractivity (Wildman–Crippen MR) is 67.6 cm³/mol. The number of carbonyl (C=O) groups excluding carboxylic acids is 1. The van der Waals surface area contributed by atoms with Crippen LogP contribution in [0.15, 0.2) is 16.9 Å². The summed E-state index contributed by atoms with van der Waals surface area (Å²) >= 11 is 0. The molecule has 2 aromatic rings. The molecule has 1 aliphatic rings. The fourth-order valence-corrected chi connectivity index (χ4v) is 1.92. The van der Waals surface area contributed by atoms with Crippen molar-refractivity contribution in [2.24, 2.45) is 0 Å². The molecular weight excluding hydrogens is 260 g/mol. The smallest absolute Gasteiger partial charge is 0.321 e. The lowest BCUT2D eigenvalue weighted by Crippen LogP contribution is -2.23. The van der Waals surface area contributed by atoms with Crippen molar-refractivity contribution in [1.82, 2.24) is 20.1 Å². The van der Waals surface area contributed by atoms with E-state index in [1.165, 1.54) is 0 Å². The quantitative estimate of drug-likeness (QED) is 0.779. The fraction of sp³-hybridized carbons (Fsp3) is 0.462. The Hall–Kier alpha value is -2.31. The molecule has 0 bridgehead atoms. The summed E-state index contributed by atoms with van der Waals surface area (Å²) < 4.78 is 10.3. The van der Waals surface area contributed by atoms with Gasteiger partial charge in [-0.1, -0.05) is 5.16 Å². The number of esters is 1. The number of ether oxygens (including phenoxy) is 1. The van der Waals surface area contributed by atoms with Crippen LogP contribution in [-0.2, 0) is 14.9 Å². The van der Waals surface area contributed by atoms with Crippen molar-refractivity contribution in [1.29, 1.82) is 0 Å². The summed E-state index contributed by atoms with van der Waals surface area (Å²) in [7, 11) is 0. The van der Waals surface area contributed by atoms with Crippen molar-refractivity contribution in [2.75, 3.05) is 6.61 Å². The second-order valence-electron chi connectivity index (χ2n) is 4.81. The van der Waals surface area contributed by atoms with E-state index in [2.05, 4.69) is 20.1 Å². The van der Waals surface area contributed by atoms with Crippen molar-refractivity contribution < 1.29 is 14.1 Å². The minimum atomic E-state index is -0.758. The average Bonchev–Trinajstić information content (AvgIpc) is 3.12. The third-order valence-electron chi connectivity index (χ3n) is 3.23. The van der Waals surface area contributed by atoms with E-state index >= 15 is 0 Å². The number of hydrogen-bond acceptors (Lipinski definition) is 7. The van der Waals surface area contributed by atoms with Crippen molar-refractivity contribution in [3.63, 3.8) is 0 Å². The lowest BCUT2D eigenvalue weighted by atomic mass is 10.1. The summed E-state index contributed by atoms with van der Waals surface area (Å²) in [6.07, 6.45) is 4.69. The lowest BCUT2D eigenvalue weighted by molar-refractivity contribution is -0.146. The molecule has 1 fully saturated rings. The molecule has 20 heavy (non-hydrogen) atoms. The van der Waals surface area contributed by atoms with Crippen molar-refractivity contribution in [3.8, 4) is 11.6 Å². The first kappa shape index (κ1) is 12.7. The molecule has 0 unspecified atom stereocenters. The molecule has 0 aliphatic heterocycles. The fourth-order valence-electron chi connectivity index (χ4n) is 1.92. The SMILES string of the molecule is CCOC(=O)C1(c2nc(-c3ncc(C)cn3)no2)CC1. The molecule has 1 saturated carbocycles. The number of aryl methyl sites for hydroxylation is 1. The van der Waals surface area contributed by atoms with E-state index in [4.69, 9.17) is 9.26 Å². The molecule has 0 aromatic carbocycles. The average molecular weight is 274 g/mol. The normalized spacial score (nSPS) is 15.9. The van der Waals surface area contributed by atoms with E-state index in [0.717, 1.165) is 5.56 Å². The van der Waals surface area contributed by atoms with Crippen LogP contribution in [0.2, 0.25) is 0 Å². The van der Waals surface area contributed by atoms with Gasteiger partial charge in [-0.2, -0.15) is 4.98 Å². The Balaban J connectivity index is 1.87. The van der Waals surface area contributed by atoms with Crippen LogP contribution in [0.4, 0.5) is 0 Å².